The minimum absolute atomic E-state index is 0.0708. The van der Waals surface area contributed by atoms with E-state index in [-0.39, 0.29) is 11.7 Å². The SMILES string of the molecule is CC(=O)c1ccc(N2CCN(CC(=O)Nc3ccc(Br)cc3Cl)CC2)cc1. The molecule has 1 amide bonds. The molecule has 7 heteroatoms. The van der Waals surface area contributed by atoms with E-state index in [0.717, 1.165) is 41.9 Å². The summed E-state index contributed by atoms with van der Waals surface area (Å²) in [6, 6.07) is 13.1. The molecule has 1 saturated heterocycles. The smallest absolute Gasteiger partial charge is 0.238 e. The van der Waals surface area contributed by atoms with Gasteiger partial charge >= 0.3 is 0 Å². The molecular weight excluding hydrogens is 430 g/mol. The van der Waals surface area contributed by atoms with Gasteiger partial charge in [-0.05, 0) is 49.4 Å². The van der Waals surface area contributed by atoms with Crippen molar-refractivity contribution in [2.24, 2.45) is 0 Å². The molecule has 0 saturated carbocycles. The molecule has 0 radical (unpaired) electrons. The van der Waals surface area contributed by atoms with Gasteiger partial charge in [0.2, 0.25) is 5.91 Å². The molecule has 0 aromatic heterocycles. The third-order valence-corrected chi connectivity index (χ3v) is 5.39. The van der Waals surface area contributed by atoms with Crippen molar-refractivity contribution in [3.8, 4) is 0 Å². The normalized spacial score (nSPS) is 14.9. The van der Waals surface area contributed by atoms with Crippen LogP contribution < -0.4 is 10.2 Å². The van der Waals surface area contributed by atoms with Gasteiger partial charge < -0.3 is 10.2 Å². The van der Waals surface area contributed by atoms with Crippen LogP contribution >= 0.6 is 27.5 Å². The van der Waals surface area contributed by atoms with Crippen molar-refractivity contribution in [3.05, 3.63) is 57.5 Å². The number of amides is 1. The summed E-state index contributed by atoms with van der Waals surface area (Å²) < 4.78 is 0.873. The number of nitrogens with zero attached hydrogens (tertiary/aromatic N) is 2. The molecule has 5 nitrogen and oxygen atoms in total. The molecule has 1 fully saturated rings. The van der Waals surface area contributed by atoms with Crippen molar-refractivity contribution < 1.29 is 9.59 Å². The van der Waals surface area contributed by atoms with Crippen LogP contribution in [0.25, 0.3) is 0 Å². The average molecular weight is 451 g/mol. The monoisotopic (exact) mass is 449 g/mol. The lowest BCUT2D eigenvalue weighted by Crippen LogP contribution is -2.48. The summed E-state index contributed by atoms with van der Waals surface area (Å²) in [7, 11) is 0. The number of hydrogen-bond acceptors (Lipinski definition) is 4. The van der Waals surface area contributed by atoms with Gasteiger partial charge in [-0.15, -0.1) is 0 Å². The quantitative estimate of drug-likeness (QED) is 0.698. The Morgan fingerprint density at radius 2 is 1.74 bits per heavy atom. The van der Waals surface area contributed by atoms with Gasteiger partial charge in [-0.1, -0.05) is 27.5 Å². The van der Waals surface area contributed by atoms with Crippen molar-refractivity contribution >= 4 is 50.6 Å². The number of nitrogens with one attached hydrogen (secondary N) is 1. The topological polar surface area (TPSA) is 52.7 Å². The van der Waals surface area contributed by atoms with Gasteiger partial charge in [0.25, 0.3) is 0 Å². The first kappa shape index (κ1) is 19.9. The zero-order chi connectivity index (χ0) is 19.4. The van der Waals surface area contributed by atoms with Crippen LogP contribution in [0, 0.1) is 0 Å². The van der Waals surface area contributed by atoms with Gasteiger partial charge in [0.15, 0.2) is 5.78 Å². The molecule has 27 heavy (non-hydrogen) atoms. The number of rotatable bonds is 5. The van der Waals surface area contributed by atoms with Crippen LogP contribution in [0.15, 0.2) is 46.9 Å². The van der Waals surface area contributed by atoms with Gasteiger partial charge in [0.05, 0.1) is 17.3 Å². The number of carbonyl (C=O) groups excluding carboxylic acids is 2. The van der Waals surface area contributed by atoms with E-state index in [9.17, 15) is 9.59 Å². The van der Waals surface area contributed by atoms with Gasteiger partial charge in [0, 0.05) is 41.9 Å². The molecule has 1 aliphatic rings. The minimum atomic E-state index is -0.0708. The second-order valence-electron chi connectivity index (χ2n) is 6.54. The number of halogens is 2. The molecule has 0 spiro atoms. The molecule has 1 heterocycles. The number of Topliss-reactive ketones (excluding diaryl/α,β-unsaturated/α-hetero) is 1. The number of benzene rings is 2. The summed E-state index contributed by atoms with van der Waals surface area (Å²) in [5, 5.41) is 3.38. The predicted molar refractivity (Wildman–Crippen MR) is 113 cm³/mol. The van der Waals surface area contributed by atoms with Crippen LogP contribution in [0.4, 0.5) is 11.4 Å². The molecule has 0 unspecified atom stereocenters. The first-order chi connectivity index (χ1) is 12.9. The Kier molecular flexibility index (Phi) is 6.52. The second kappa shape index (κ2) is 8.87. The Bertz CT molecular complexity index is 834. The zero-order valence-corrected chi connectivity index (χ0v) is 17.4. The van der Waals surface area contributed by atoms with Crippen LogP contribution in [0.1, 0.15) is 17.3 Å². The number of carbonyl (C=O) groups is 2. The van der Waals surface area contributed by atoms with E-state index < -0.39 is 0 Å². The lowest BCUT2D eigenvalue weighted by Gasteiger charge is -2.35. The van der Waals surface area contributed by atoms with E-state index in [1.54, 1.807) is 19.1 Å². The molecule has 142 valence electrons. The Morgan fingerprint density at radius 1 is 1.07 bits per heavy atom. The van der Waals surface area contributed by atoms with Crippen LogP contribution in [0.5, 0.6) is 0 Å². The summed E-state index contributed by atoms with van der Waals surface area (Å²) in [6.45, 7) is 5.19. The van der Waals surface area contributed by atoms with E-state index >= 15 is 0 Å². The number of ketones is 1. The van der Waals surface area contributed by atoms with E-state index in [1.807, 2.05) is 30.3 Å². The van der Waals surface area contributed by atoms with Gasteiger partial charge in [-0.25, -0.2) is 0 Å². The number of anilines is 2. The molecule has 1 N–H and O–H groups in total. The highest BCUT2D eigenvalue weighted by molar-refractivity contribution is 9.10. The summed E-state index contributed by atoms with van der Waals surface area (Å²) in [4.78, 5) is 28.1. The average Bonchev–Trinajstić information content (AvgIpc) is 2.65. The van der Waals surface area contributed by atoms with Crippen molar-refractivity contribution in [3.63, 3.8) is 0 Å². The van der Waals surface area contributed by atoms with E-state index in [4.69, 9.17) is 11.6 Å². The summed E-state index contributed by atoms with van der Waals surface area (Å²) in [5.74, 6) is 0.00161. The predicted octanol–water partition coefficient (Wildman–Crippen LogP) is 4.07. The van der Waals surface area contributed by atoms with Crippen molar-refractivity contribution in [2.75, 3.05) is 42.9 Å². The molecule has 0 bridgehead atoms. The van der Waals surface area contributed by atoms with E-state index in [1.165, 1.54) is 0 Å². The Morgan fingerprint density at radius 3 is 2.33 bits per heavy atom. The fourth-order valence-electron chi connectivity index (χ4n) is 3.05. The first-order valence-corrected chi connectivity index (χ1v) is 9.92. The number of piperazine rings is 1. The maximum Gasteiger partial charge on any atom is 0.238 e. The molecular formula is C20H21BrClN3O2. The Balaban J connectivity index is 1.50. The maximum absolute atomic E-state index is 12.3. The summed E-state index contributed by atoms with van der Waals surface area (Å²) in [6.07, 6.45) is 0. The molecule has 3 rings (SSSR count). The zero-order valence-electron chi connectivity index (χ0n) is 15.0. The molecule has 2 aromatic rings. The van der Waals surface area contributed by atoms with E-state index in [2.05, 4.69) is 31.0 Å². The summed E-state index contributed by atoms with van der Waals surface area (Å²) >= 11 is 9.50. The summed E-state index contributed by atoms with van der Waals surface area (Å²) in [5.41, 5.74) is 2.44. The van der Waals surface area contributed by atoms with Gasteiger partial charge in [0.1, 0.15) is 0 Å². The fraction of sp³-hybridized carbons (Fsp3) is 0.300. The van der Waals surface area contributed by atoms with Crippen molar-refractivity contribution in [2.45, 2.75) is 6.92 Å². The molecule has 2 aromatic carbocycles. The third kappa shape index (κ3) is 5.31. The van der Waals surface area contributed by atoms with Crippen molar-refractivity contribution in [1.82, 2.24) is 4.90 Å². The molecule has 0 atom stereocenters. The van der Waals surface area contributed by atoms with Crippen molar-refractivity contribution in [1.29, 1.82) is 0 Å². The maximum atomic E-state index is 12.3. The van der Waals surface area contributed by atoms with Crippen LogP contribution in [0.2, 0.25) is 5.02 Å². The van der Waals surface area contributed by atoms with E-state index in [0.29, 0.717) is 17.3 Å². The van der Waals surface area contributed by atoms with Crippen LogP contribution in [-0.4, -0.2) is 49.3 Å². The lowest BCUT2D eigenvalue weighted by molar-refractivity contribution is -0.117. The Hall–Kier alpha value is -1.89. The third-order valence-electron chi connectivity index (χ3n) is 4.58. The lowest BCUT2D eigenvalue weighted by atomic mass is 10.1. The standard InChI is InChI=1S/C20H21BrClN3O2/c1-14(26)15-2-5-17(6-3-15)25-10-8-24(9-11-25)13-20(27)23-19-7-4-16(21)12-18(19)22/h2-7,12H,8-11,13H2,1H3,(H,23,27). The fourth-order valence-corrected chi connectivity index (χ4v) is 3.78. The highest BCUT2D eigenvalue weighted by Gasteiger charge is 2.19. The minimum Gasteiger partial charge on any atom is -0.369 e. The van der Waals surface area contributed by atoms with Gasteiger partial charge in [-0.2, -0.15) is 0 Å². The van der Waals surface area contributed by atoms with Crippen LogP contribution in [0.3, 0.4) is 0 Å². The Labute approximate surface area is 172 Å². The molecule has 1 aliphatic heterocycles. The highest BCUT2D eigenvalue weighted by atomic mass is 79.9. The van der Waals surface area contributed by atoms with Gasteiger partial charge in [-0.3, -0.25) is 14.5 Å². The number of hydrogen-bond donors (Lipinski definition) is 1. The largest absolute Gasteiger partial charge is 0.369 e. The van der Waals surface area contributed by atoms with Crippen LogP contribution in [-0.2, 0) is 4.79 Å². The molecule has 0 aliphatic carbocycles. The first-order valence-electron chi connectivity index (χ1n) is 8.75. The second-order valence-corrected chi connectivity index (χ2v) is 7.86. The highest BCUT2D eigenvalue weighted by Crippen LogP contribution is 2.25.